The van der Waals surface area contributed by atoms with Crippen LogP contribution in [0, 0.1) is 12.7 Å². The molecule has 3 aromatic rings. The van der Waals surface area contributed by atoms with Gasteiger partial charge in [-0.15, -0.1) is 0 Å². The number of nitrogens with one attached hydrogen (secondary N) is 1. The van der Waals surface area contributed by atoms with Crippen LogP contribution in [0.2, 0.25) is 0 Å². The Balaban J connectivity index is 1.74. The van der Waals surface area contributed by atoms with Gasteiger partial charge in [-0.3, -0.25) is 4.79 Å². The van der Waals surface area contributed by atoms with E-state index < -0.39 is 5.82 Å². The van der Waals surface area contributed by atoms with Crippen molar-refractivity contribution in [1.29, 1.82) is 0 Å². The van der Waals surface area contributed by atoms with E-state index in [1.54, 1.807) is 19.2 Å². The summed E-state index contributed by atoms with van der Waals surface area (Å²) in [5.74, 6) is -0.307. The fourth-order valence-electron chi connectivity index (χ4n) is 3.90. The van der Waals surface area contributed by atoms with Crippen molar-refractivity contribution < 1.29 is 18.7 Å². The lowest BCUT2D eigenvalue weighted by atomic mass is 9.96. The largest absolute Gasteiger partial charge is 0.496 e. The van der Waals surface area contributed by atoms with Crippen LogP contribution in [0.1, 0.15) is 29.3 Å². The maximum atomic E-state index is 13.7. The van der Waals surface area contributed by atoms with Crippen LogP contribution in [0.4, 0.5) is 15.2 Å². The number of carbonyl (C=O) groups is 1. The first-order valence-corrected chi connectivity index (χ1v) is 10.6. The van der Waals surface area contributed by atoms with Crippen molar-refractivity contribution in [3.05, 3.63) is 47.3 Å². The Morgan fingerprint density at radius 3 is 2.83 bits per heavy atom. The summed E-state index contributed by atoms with van der Waals surface area (Å²) in [7, 11) is 3.22. The van der Waals surface area contributed by atoms with Gasteiger partial charge in [-0.1, -0.05) is 17.4 Å². The number of aryl methyl sites for hydroxylation is 1. The third-order valence-corrected chi connectivity index (χ3v) is 6.57. The van der Waals surface area contributed by atoms with Crippen LogP contribution < -0.4 is 15.0 Å². The molecule has 2 unspecified atom stereocenters. The number of thiazole rings is 1. The molecule has 1 amide bonds. The molecular weight excluding hydrogens is 405 g/mol. The number of benzene rings is 2. The number of halogens is 1. The van der Waals surface area contributed by atoms with Crippen LogP contribution in [0.15, 0.2) is 30.3 Å². The predicted molar refractivity (Wildman–Crippen MR) is 117 cm³/mol. The number of ether oxygens (including phenoxy) is 2. The summed E-state index contributed by atoms with van der Waals surface area (Å²) in [6, 6.07) is 8.55. The van der Waals surface area contributed by atoms with Crippen LogP contribution >= 0.6 is 11.3 Å². The average molecular weight is 430 g/mol. The molecule has 8 heteroatoms. The zero-order valence-corrected chi connectivity index (χ0v) is 18.2. The molecule has 1 saturated heterocycles. The molecule has 1 aliphatic rings. The SMILES string of the molecule is COCC1CC(C)N1c1nc2ccc(OC)c(C(=O)Nc3cc(F)ccc3C)c2s1. The lowest BCUT2D eigenvalue weighted by Gasteiger charge is -2.46. The highest BCUT2D eigenvalue weighted by molar-refractivity contribution is 7.22. The molecule has 1 aromatic heterocycles. The first-order valence-electron chi connectivity index (χ1n) is 9.75. The Morgan fingerprint density at radius 2 is 2.13 bits per heavy atom. The minimum atomic E-state index is -0.405. The average Bonchev–Trinajstić information content (AvgIpc) is 3.12. The Labute approximate surface area is 178 Å². The highest BCUT2D eigenvalue weighted by Gasteiger charge is 2.37. The molecule has 0 spiro atoms. The van der Waals surface area contributed by atoms with Crippen LogP contribution in [-0.4, -0.2) is 43.8 Å². The first-order chi connectivity index (χ1) is 14.4. The van der Waals surface area contributed by atoms with Gasteiger partial charge >= 0.3 is 0 Å². The molecule has 158 valence electrons. The predicted octanol–water partition coefficient (Wildman–Crippen LogP) is 4.62. The molecule has 30 heavy (non-hydrogen) atoms. The molecule has 1 fully saturated rings. The maximum Gasteiger partial charge on any atom is 0.260 e. The molecular formula is C22H24FN3O3S. The Kier molecular flexibility index (Phi) is 5.62. The van der Waals surface area contributed by atoms with Gasteiger partial charge in [-0.2, -0.15) is 0 Å². The molecule has 0 bridgehead atoms. The second kappa shape index (κ2) is 8.20. The fraction of sp³-hybridized carbons (Fsp3) is 0.364. The summed E-state index contributed by atoms with van der Waals surface area (Å²) in [4.78, 5) is 20.2. The highest BCUT2D eigenvalue weighted by Crippen LogP contribution is 2.41. The summed E-state index contributed by atoms with van der Waals surface area (Å²) in [5.41, 5.74) is 2.34. The second-order valence-electron chi connectivity index (χ2n) is 7.50. The normalized spacial score (nSPS) is 18.4. The van der Waals surface area contributed by atoms with Crippen molar-refractivity contribution in [2.75, 3.05) is 31.0 Å². The Bertz CT molecular complexity index is 1100. The number of aromatic nitrogens is 1. The van der Waals surface area contributed by atoms with Gasteiger partial charge in [0.15, 0.2) is 5.13 Å². The van der Waals surface area contributed by atoms with Crippen molar-refractivity contribution in [1.82, 2.24) is 4.98 Å². The van der Waals surface area contributed by atoms with Gasteiger partial charge in [0.1, 0.15) is 17.1 Å². The monoisotopic (exact) mass is 429 g/mol. The van der Waals surface area contributed by atoms with E-state index in [2.05, 4.69) is 17.1 Å². The van der Waals surface area contributed by atoms with Gasteiger partial charge in [0.05, 0.1) is 30.0 Å². The Hall–Kier alpha value is -2.71. The van der Waals surface area contributed by atoms with Crippen molar-refractivity contribution in [2.45, 2.75) is 32.4 Å². The molecule has 2 atom stereocenters. The molecule has 1 aliphatic heterocycles. The molecule has 6 nitrogen and oxygen atoms in total. The number of anilines is 2. The van der Waals surface area contributed by atoms with E-state index in [1.165, 1.54) is 30.6 Å². The van der Waals surface area contributed by atoms with Crippen LogP contribution in [0.5, 0.6) is 5.75 Å². The Morgan fingerprint density at radius 1 is 1.33 bits per heavy atom. The van der Waals surface area contributed by atoms with Gasteiger partial charge in [-0.05, 0) is 50.1 Å². The van der Waals surface area contributed by atoms with Crippen LogP contribution in [0.3, 0.4) is 0 Å². The van der Waals surface area contributed by atoms with Gasteiger partial charge in [-0.25, -0.2) is 9.37 Å². The number of nitrogens with zero attached hydrogens (tertiary/aromatic N) is 2. The smallest absolute Gasteiger partial charge is 0.260 e. The summed E-state index contributed by atoms with van der Waals surface area (Å²) >= 11 is 1.46. The number of hydrogen-bond acceptors (Lipinski definition) is 6. The van der Waals surface area contributed by atoms with Crippen molar-refractivity contribution in [3.63, 3.8) is 0 Å². The fourth-order valence-corrected chi connectivity index (χ4v) is 5.17. The molecule has 2 aromatic carbocycles. The topological polar surface area (TPSA) is 63.7 Å². The van der Waals surface area contributed by atoms with E-state index in [0.29, 0.717) is 29.6 Å². The minimum absolute atomic E-state index is 0.277. The summed E-state index contributed by atoms with van der Waals surface area (Å²) in [5, 5.41) is 3.68. The number of fused-ring (bicyclic) bond motifs is 1. The first kappa shape index (κ1) is 20.6. The second-order valence-corrected chi connectivity index (χ2v) is 8.48. The molecule has 4 rings (SSSR count). The number of carbonyl (C=O) groups excluding carboxylic acids is 1. The van der Waals surface area contributed by atoms with Crippen molar-refractivity contribution in [2.24, 2.45) is 0 Å². The van der Waals surface area contributed by atoms with E-state index in [0.717, 1.165) is 27.3 Å². The number of amides is 1. The summed E-state index contributed by atoms with van der Waals surface area (Å²) in [6.45, 7) is 4.60. The third kappa shape index (κ3) is 3.61. The highest BCUT2D eigenvalue weighted by atomic mass is 32.1. The minimum Gasteiger partial charge on any atom is -0.496 e. The van der Waals surface area contributed by atoms with Crippen LogP contribution in [-0.2, 0) is 4.74 Å². The third-order valence-electron chi connectivity index (χ3n) is 5.46. The number of methoxy groups -OCH3 is 2. The van der Waals surface area contributed by atoms with Crippen molar-refractivity contribution in [3.8, 4) is 5.75 Å². The van der Waals surface area contributed by atoms with Gasteiger partial charge in [0.25, 0.3) is 5.91 Å². The van der Waals surface area contributed by atoms with E-state index in [1.807, 2.05) is 13.0 Å². The van der Waals surface area contributed by atoms with Crippen molar-refractivity contribution >= 4 is 38.3 Å². The molecule has 0 aliphatic carbocycles. The molecule has 1 N–H and O–H groups in total. The zero-order chi connectivity index (χ0) is 21.4. The number of hydrogen-bond donors (Lipinski definition) is 1. The van der Waals surface area contributed by atoms with E-state index >= 15 is 0 Å². The molecule has 0 saturated carbocycles. The van der Waals surface area contributed by atoms with Gasteiger partial charge < -0.3 is 19.7 Å². The van der Waals surface area contributed by atoms with Gasteiger partial charge in [0.2, 0.25) is 0 Å². The lowest BCUT2D eigenvalue weighted by molar-refractivity contribution is 0.102. The molecule has 0 radical (unpaired) electrons. The van der Waals surface area contributed by atoms with Crippen LogP contribution in [0.25, 0.3) is 10.2 Å². The maximum absolute atomic E-state index is 13.7. The molecule has 2 heterocycles. The number of rotatable bonds is 6. The summed E-state index contributed by atoms with van der Waals surface area (Å²) in [6.07, 6.45) is 1.04. The summed E-state index contributed by atoms with van der Waals surface area (Å²) < 4.78 is 25.2. The van der Waals surface area contributed by atoms with Gasteiger partial charge in [0, 0.05) is 18.8 Å². The van der Waals surface area contributed by atoms with E-state index in [-0.39, 0.29) is 11.9 Å². The zero-order valence-electron chi connectivity index (χ0n) is 17.4. The van der Waals surface area contributed by atoms with E-state index in [4.69, 9.17) is 14.5 Å². The quantitative estimate of drug-likeness (QED) is 0.620. The van der Waals surface area contributed by atoms with E-state index in [9.17, 15) is 9.18 Å². The standard InChI is InChI=1S/C22H24FN3O3S/c1-12-5-6-14(23)10-17(12)24-21(27)19-18(29-4)8-7-16-20(19)30-22(25-16)26-13(2)9-15(26)11-28-3/h5-8,10,13,15H,9,11H2,1-4H3,(H,24,27). The lowest BCUT2D eigenvalue weighted by Crippen LogP contribution is -2.56.